The highest BCUT2D eigenvalue weighted by molar-refractivity contribution is 4.83. The van der Waals surface area contributed by atoms with Crippen LogP contribution in [0.5, 0.6) is 0 Å². The topological polar surface area (TPSA) is 41.5 Å². The third-order valence-corrected chi connectivity index (χ3v) is 1.73. The predicted molar refractivity (Wildman–Crippen MR) is 43.2 cm³/mol. The van der Waals surface area contributed by atoms with E-state index < -0.39 is 0 Å². The van der Waals surface area contributed by atoms with Gasteiger partial charge in [0.2, 0.25) is 0 Å². The minimum atomic E-state index is -0.200. The van der Waals surface area contributed by atoms with E-state index >= 15 is 0 Å². The Morgan fingerprint density at radius 2 is 2.55 bits per heavy atom. The quantitative estimate of drug-likeness (QED) is 0.577. The van der Waals surface area contributed by atoms with Gasteiger partial charge in [-0.05, 0) is 13.3 Å². The lowest BCUT2D eigenvalue weighted by atomic mass is 10.2. The summed E-state index contributed by atoms with van der Waals surface area (Å²) in [6.45, 7) is 6.75. The van der Waals surface area contributed by atoms with Crippen LogP contribution in [0.4, 0.5) is 0 Å². The van der Waals surface area contributed by atoms with E-state index in [1.54, 1.807) is 0 Å². The van der Waals surface area contributed by atoms with Gasteiger partial charge in [-0.1, -0.05) is 6.58 Å². The normalized spacial score (nSPS) is 30.4. The van der Waals surface area contributed by atoms with Gasteiger partial charge in [-0.2, -0.15) is 0 Å². The van der Waals surface area contributed by atoms with Crippen LogP contribution in [-0.4, -0.2) is 30.4 Å². The molecule has 64 valence electrons. The first-order chi connectivity index (χ1) is 5.18. The third-order valence-electron chi connectivity index (χ3n) is 1.73. The fraction of sp³-hybridized carbons (Fsp3) is 0.750. The molecule has 1 heterocycles. The van der Waals surface area contributed by atoms with Crippen molar-refractivity contribution < 1.29 is 9.84 Å². The lowest BCUT2D eigenvalue weighted by Crippen LogP contribution is -2.26. The molecule has 1 rings (SSSR count). The van der Waals surface area contributed by atoms with Crippen LogP contribution >= 0.6 is 0 Å². The van der Waals surface area contributed by atoms with Gasteiger partial charge in [-0.25, -0.2) is 0 Å². The zero-order chi connectivity index (χ0) is 8.27. The molecule has 1 aliphatic heterocycles. The maximum Gasteiger partial charge on any atom is 0.103 e. The summed E-state index contributed by atoms with van der Waals surface area (Å²) in [5, 5.41) is 12.3. The number of ether oxygens (including phenoxy) is 1. The Morgan fingerprint density at radius 1 is 1.82 bits per heavy atom. The molecule has 3 heteroatoms. The number of aliphatic hydroxyl groups excluding tert-OH is 1. The zero-order valence-electron chi connectivity index (χ0n) is 6.84. The summed E-state index contributed by atoms with van der Waals surface area (Å²) in [6.07, 6.45) is 0.585. The number of allylic oxidation sites excluding steroid dienone is 1. The molecule has 11 heavy (non-hydrogen) atoms. The number of aliphatic hydroxyl groups is 1. The molecule has 0 aromatic rings. The van der Waals surface area contributed by atoms with Crippen LogP contribution in [0.15, 0.2) is 12.3 Å². The van der Waals surface area contributed by atoms with Crippen molar-refractivity contribution in [2.75, 3.05) is 13.2 Å². The van der Waals surface area contributed by atoms with Gasteiger partial charge in [0.25, 0.3) is 0 Å². The highest BCUT2D eigenvalue weighted by atomic mass is 16.5. The van der Waals surface area contributed by atoms with Gasteiger partial charge in [-0.3, -0.25) is 0 Å². The molecule has 0 radical (unpaired) electrons. The van der Waals surface area contributed by atoms with Crippen molar-refractivity contribution in [1.82, 2.24) is 5.32 Å². The van der Waals surface area contributed by atoms with Gasteiger partial charge >= 0.3 is 0 Å². The van der Waals surface area contributed by atoms with E-state index in [2.05, 4.69) is 11.9 Å². The standard InChI is InChI=1S/C8H15NO2/c1-6(2)11-5-7-3-8(10)4-9-7/h7-10H,1,3-5H2,2H3/t7?,8-/m1/s1. The lowest BCUT2D eigenvalue weighted by Gasteiger charge is -2.10. The molecule has 2 N–H and O–H groups in total. The van der Waals surface area contributed by atoms with Gasteiger partial charge in [0.15, 0.2) is 0 Å². The van der Waals surface area contributed by atoms with Crippen molar-refractivity contribution in [3.63, 3.8) is 0 Å². The van der Waals surface area contributed by atoms with Crippen LogP contribution < -0.4 is 5.32 Å². The van der Waals surface area contributed by atoms with Crippen LogP contribution in [0.3, 0.4) is 0 Å². The van der Waals surface area contributed by atoms with Gasteiger partial charge < -0.3 is 15.2 Å². The number of hydrogen-bond acceptors (Lipinski definition) is 3. The number of hydrogen-bond donors (Lipinski definition) is 2. The molecule has 0 saturated carbocycles. The molecule has 2 atom stereocenters. The Labute approximate surface area is 67.1 Å². The van der Waals surface area contributed by atoms with Crippen molar-refractivity contribution in [3.8, 4) is 0 Å². The second-order valence-corrected chi connectivity index (χ2v) is 3.01. The molecule has 0 aromatic heterocycles. The fourth-order valence-corrected chi connectivity index (χ4v) is 1.17. The van der Waals surface area contributed by atoms with Gasteiger partial charge in [-0.15, -0.1) is 0 Å². The molecule has 1 unspecified atom stereocenters. The Balaban J connectivity index is 2.13. The number of β-amino-alcohol motifs (C(OH)–C–C–N with tert-alkyl or cyclic N) is 1. The van der Waals surface area contributed by atoms with E-state index in [0.29, 0.717) is 19.2 Å². The summed E-state index contributed by atoms with van der Waals surface area (Å²) >= 11 is 0. The molecule has 1 fully saturated rings. The van der Waals surface area contributed by atoms with E-state index in [-0.39, 0.29) is 6.10 Å². The third kappa shape index (κ3) is 2.91. The first-order valence-corrected chi connectivity index (χ1v) is 3.88. The van der Waals surface area contributed by atoms with Crippen molar-refractivity contribution >= 4 is 0 Å². The van der Waals surface area contributed by atoms with Crippen LogP contribution in [-0.2, 0) is 4.74 Å². The van der Waals surface area contributed by atoms with Crippen LogP contribution in [0.1, 0.15) is 13.3 Å². The average Bonchev–Trinajstić information content (AvgIpc) is 2.31. The summed E-state index contributed by atoms with van der Waals surface area (Å²) < 4.78 is 5.21. The molecular weight excluding hydrogens is 142 g/mol. The molecule has 0 spiro atoms. The van der Waals surface area contributed by atoms with E-state index in [4.69, 9.17) is 9.84 Å². The molecule has 0 amide bonds. The summed E-state index contributed by atoms with van der Waals surface area (Å²) in [6, 6.07) is 0.293. The van der Waals surface area contributed by atoms with Crippen molar-refractivity contribution in [1.29, 1.82) is 0 Å². The Morgan fingerprint density at radius 3 is 3.00 bits per heavy atom. The first-order valence-electron chi connectivity index (χ1n) is 3.88. The minimum absolute atomic E-state index is 0.200. The number of rotatable bonds is 3. The molecule has 3 nitrogen and oxygen atoms in total. The smallest absolute Gasteiger partial charge is 0.103 e. The Hall–Kier alpha value is -0.540. The van der Waals surface area contributed by atoms with Crippen molar-refractivity contribution in [2.45, 2.75) is 25.5 Å². The second kappa shape index (κ2) is 3.74. The first kappa shape index (κ1) is 8.56. The van der Waals surface area contributed by atoms with Crippen molar-refractivity contribution in [2.24, 2.45) is 0 Å². The van der Waals surface area contributed by atoms with Crippen molar-refractivity contribution in [3.05, 3.63) is 12.3 Å². The van der Waals surface area contributed by atoms with Crippen LogP contribution in [0.2, 0.25) is 0 Å². The summed E-state index contributed by atoms with van der Waals surface area (Å²) in [7, 11) is 0. The molecular formula is C8H15NO2. The van der Waals surface area contributed by atoms with Gasteiger partial charge in [0.1, 0.15) is 6.61 Å². The molecule has 1 aliphatic rings. The molecule has 1 saturated heterocycles. The Kier molecular flexibility index (Phi) is 2.91. The van der Waals surface area contributed by atoms with Gasteiger partial charge in [0.05, 0.1) is 11.9 Å². The van der Waals surface area contributed by atoms with E-state index in [9.17, 15) is 0 Å². The van der Waals surface area contributed by atoms with E-state index in [1.807, 2.05) is 6.92 Å². The number of nitrogens with one attached hydrogen (secondary N) is 1. The lowest BCUT2D eigenvalue weighted by molar-refractivity contribution is 0.167. The van der Waals surface area contributed by atoms with E-state index in [0.717, 1.165) is 12.2 Å². The van der Waals surface area contributed by atoms with Crippen LogP contribution in [0.25, 0.3) is 0 Å². The maximum atomic E-state index is 9.12. The maximum absolute atomic E-state index is 9.12. The summed E-state index contributed by atoms with van der Waals surface area (Å²) in [5.41, 5.74) is 0. The average molecular weight is 157 g/mol. The molecule has 0 bridgehead atoms. The molecule has 0 aromatic carbocycles. The second-order valence-electron chi connectivity index (χ2n) is 3.01. The SMILES string of the molecule is C=C(C)OCC1C[C@@H](O)CN1. The zero-order valence-corrected chi connectivity index (χ0v) is 6.84. The fourth-order valence-electron chi connectivity index (χ4n) is 1.17. The van der Waals surface area contributed by atoms with E-state index in [1.165, 1.54) is 0 Å². The monoisotopic (exact) mass is 157 g/mol. The highest BCUT2D eigenvalue weighted by Crippen LogP contribution is 2.07. The minimum Gasteiger partial charge on any atom is -0.497 e. The van der Waals surface area contributed by atoms with Gasteiger partial charge in [0, 0.05) is 12.6 Å². The summed E-state index contributed by atoms with van der Waals surface area (Å²) in [5.74, 6) is 0.730. The predicted octanol–water partition coefficient (Wildman–Crippen LogP) is 0.259. The van der Waals surface area contributed by atoms with Crippen LogP contribution in [0, 0.1) is 0 Å². The highest BCUT2D eigenvalue weighted by Gasteiger charge is 2.21. The largest absolute Gasteiger partial charge is 0.497 e. The molecule has 0 aliphatic carbocycles. The summed E-state index contributed by atoms with van der Waals surface area (Å²) in [4.78, 5) is 0. The Bertz CT molecular complexity index is 147.